The lowest BCUT2D eigenvalue weighted by atomic mass is 10.1. The number of rotatable bonds is 5. The molecule has 7 heteroatoms. The summed E-state index contributed by atoms with van der Waals surface area (Å²) in [6.07, 6.45) is 0.401. The Labute approximate surface area is 83.1 Å². The Kier molecular flexibility index (Phi) is 5.12. The molecule has 0 aromatic rings. The van der Waals surface area contributed by atoms with E-state index in [2.05, 4.69) is 5.32 Å². The molecule has 0 aliphatic rings. The third-order valence-corrected chi connectivity index (χ3v) is 2.34. The smallest absolute Gasteiger partial charge is 0.237 e. The highest BCUT2D eigenvalue weighted by Gasteiger charge is 2.15. The molecule has 14 heavy (non-hydrogen) atoms. The minimum atomic E-state index is -3.56. The van der Waals surface area contributed by atoms with Crippen LogP contribution in [0, 0.1) is 17.2 Å². The van der Waals surface area contributed by atoms with E-state index >= 15 is 0 Å². The Morgan fingerprint density at radius 2 is 2.21 bits per heavy atom. The Bertz CT molecular complexity index is 331. The number of sulfonamides is 1. The van der Waals surface area contributed by atoms with Gasteiger partial charge < -0.3 is 5.32 Å². The second kappa shape index (κ2) is 5.57. The molecule has 1 amide bonds. The van der Waals surface area contributed by atoms with E-state index in [0.717, 1.165) is 0 Å². The first-order valence-electron chi connectivity index (χ1n) is 4.08. The van der Waals surface area contributed by atoms with Crippen molar-refractivity contribution in [3.8, 4) is 6.07 Å². The van der Waals surface area contributed by atoms with Crippen LogP contribution in [0.2, 0.25) is 0 Å². The number of carbonyl (C=O) groups is 1. The van der Waals surface area contributed by atoms with Crippen molar-refractivity contribution >= 4 is 15.9 Å². The summed E-state index contributed by atoms with van der Waals surface area (Å²) < 4.78 is 21.0. The van der Waals surface area contributed by atoms with Crippen LogP contribution in [0.15, 0.2) is 0 Å². The molecule has 0 aromatic carbocycles. The number of hydrogen-bond donors (Lipinski definition) is 2. The minimum absolute atomic E-state index is 0.0597. The summed E-state index contributed by atoms with van der Waals surface area (Å²) in [7, 11) is -3.56. The van der Waals surface area contributed by atoms with Crippen molar-refractivity contribution in [3.05, 3.63) is 0 Å². The van der Waals surface area contributed by atoms with Gasteiger partial charge in [0.25, 0.3) is 0 Å². The summed E-state index contributed by atoms with van der Waals surface area (Å²) in [6.45, 7) is 1.64. The molecule has 0 fully saturated rings. The van der Waals surface area contributed by atoms with E-state index < -0.39 is 21.8 Å². The van der Waals surface area contributed by atoms with Crippen LogP contribution < -0.4 is 10.5 Å². The van der Waals surface area contributed by atoms with Crippen molar-refractivity contribution in [2.75, 3.05) is 12.3 Å². The average molecular weight is 219 g/mol. The normalized spacial score (nSPS) is 12.9. The van der Waals surface area contributed by atoms with Crippen LogP contribution in [0.25, 0.3) is 0 Å². The predicted octanol–water partition coefficient (Wildman–Crippen LogP) is -1.06. The molecule has 3 N–H and O–H groups in total. The van der Waals surface area contributed by atoms with Crippen LogP contribution in [0.1, 0.15) is 13.3 Å². The van der Waals surface area contributed by atoms with Crippen LogP contribution in [0.3, 0.4) is 0 Å². The van der Waals surface area contributed by atoms with E-state index in [1.165, 1.54) is 0 Å². The van der Waals surface area contributed by atoms with Crippen molar-refractivity contribution in [2.24, 2.45) is 11.1 Å². The minimum Gasteiger partial charge on any atom is -0.354 e. The van der Waals surface area contributed by atoms with Crippen LogP contribution >= 0.6 is 0 Å². The van der Waals surface area contributed by atoms with E-state index in [-0.39, 0.29) is 12.3 Å². The van der Waals surface area contributed by atoms with E-state index in [0.29, 0.717) is 6.42 Å². The molecule has 6 nitrogen and oxygen atoms in total. The van der Waals surface area contributed by atoms with Gasteiger partial charge in [0.1, 0.15) is 5.92 Å². The fraction of sp³-hybridized carbons (Fsp3) is 0.714. The number of primary sulfonamides is 1. The van der Waals surface area contributed by atoms with Gasteiger partial charge in [0, 0.05) is 6.54 Å². The Balaban J connectivity index is 3.93. The van der Waals surface area contributed by atoms with Gasteiger partial charge in [-0.05, 0) is 6.42 Å². The molecule has 1 unspecified atom stereocenters. The van der Waals surface area contributed by atoms with Gasteiger partial charge in [0.15, 0.2) is 0 Å². The van der Waals surface area contributed by atoms with Gasteiger partial charge in [-0.15, -0.1) is 0 Å². The lowest BCUT2D eigenvalue weighted by Crippen LogP contribution is -2.34. The van der Waals surface area contributed by atoms with Crippen molar-refractivity contribution < 1.29 is 13.2 Å². The first-order valence-corrected chi connectivity index (χ1v) is 5.80. The van der Waals surface area contributed by atoms with Gasteiger partial charge in [0.05, 0.1) is 11.8 Å². The molecule has 0 spiro atoms. The highest BCUT2D eigenvalue weighted by Crippen LogP contribution is 1.99. The van der Waals surface area contributed by atoms with Gasteiger partial charge in [-0.3, -0.25) is 4.79 Å². The predicted molar refractivity (Wildman–Crippen MR) is 50.4 cm³/mol. The number of nitriles is 1. The maximum Gasteiger partial charge on any atom is 0.237 e. The molecular weight excluding hydrogens is 206 g/mol. The highest BCUT2D eigenvalue weighted by atomic mass is 32.2. The largest absolute Gasteiger partial charge is 0.354 e. The third kappa shape index (κ3) is 5.50. The number of nitrogens with two attached hydrogens (primary N) is 1. The van der Waals surface area contributed by atoms with Crippen molar-refractivity contribution in [3.63, 3.8) is 0 Å². The van der Waals surface area contributed by atoms with Crippen LogP contribution in [0.4, 0.5) is 0 Å². The fourth-order valence-corrected chi connectivity index (χ4v) is 1.16. The fourth-order valence-electron chi connectivity index (χ4n) is 0.775. The SMILES string of the molecule is CCC(C#N)C(=O)NCCS(N)(=O)=O. The summed E-state index contributed by atoms with van der Waals surface area (Å²) in [5, 5.41) is 15.5. The molecule has 0 aromatic heterocycles. The average Bonchev–Trinajstić information content (AvgIpc) is 2.04. The number of nitrogens with one attached hydrogen (secondary N) is 1. The highest BCUT2D eigenvalue weighted by molar-refractivity contribution is 7.89. The monoisotopic (exact) mass is 219 g/mol. The quantitative estimate of drug-likeness (QED) is 0.613. The summed E-state index contributed by atoms with van der Waals surface area (Å²) in [5.41, 5.74) is 0. The number of nitrogens with zero attached hydrogens (tertiary/aromatic N) is 1. The molecule has 0 aliphatic carbocycles. The Morgan fingerprint density at radius 1 is 1.64 bits per heavy atom. The van der Waals surface area contributed by atoms with Crippen molar-refractivity contribution in [1.82, 2.24) is 5.32 Å². The zero-order chi connectivity index (χ0) is 11.2. The molecule has 0 heterocycles. The van der Waals surface area contributed by atoms with Gasteiger partial charge in [-0.1, -0.05) is 6.92 Å². The molecule has 0 rings (SSSR count). The van der Waals surface area contributed by atoms with Gasteiger partial charge in [-0.2, -0.15) is 5.26 Å². The first kappa shape index (κ1) is 12.9. The van der Waals surface area contributed by atoms with Gasteiger partial charge in [-0.25, -0.2) is 13.6 Å². The molecule has 0 saturated heterocycles. The standard InChI is InChI=1S/C7H13N3O3S/c1-2-6(5-8)7(11)10-3-4-14(9,12)13/h6H,2-4H2,1H3,(H,10,11)(H2,9,12,13). The van der Waals surface area contributed by atoms with Crippen molar-refractivity contribution in [1.29, 1.82) is 5.26 Å². The third-order valence-electron chi connectivity index (χ3n) is 1.57. The van der Waals surface area contributed by atoms with E-state index in [9.17, 15) is 13.2 Å². The topological polar surface area (TPSA) is 113 Å². The lowest BCUT2D eigenvalue weighted by Gasteiger charge is -2.06. The molecule has 0 bridgehead atoms. The number of amides is 1. The maximum atomic E-state index is 11.1. The molecule has 0 saturated carbocycles. The van der Waals surface area contributed by atoms with E-state index in [1.54, 1.807) is 13.0 Å². The Morgan fingerprint density at radius 3 is 2.57 bits per heavy atom. The van der Waals surface area contributed by atoms with Gasteiger partial charge >= 0.3 is 0 Å². The van der Waals surface area contributed by atoms with Gasteiger partial charge in [0.2, 0.25) is 15.9 Å². The van der Waals surface area contributed by atoms with E-state index in [4.69, 9.17) is 10.4 Å². The summed E-state index contributed by atoms with van der Waals surface area (Å²) >= 11 is 0. The zero-order valence-electron chi connectivity index (χ0n) is 7.86. The summed E-state index contributed by atoms with van der Waals surface area (Å²) in [5.74, 6) is -1.50. The second-order valence-electron chi connectivity index (χ2n) is 2.75. The molecule has 1 atom stereocenters. The zero-order valence-corrected chi connectivity index (χ0v) is 8.67. The first-order chi connectivity index (χ1) is 6.40. The number of hydrogen-bond acceptors (Lipinski definition) is 4. The molecule has 0 radical (unpaired) electrons. The maximum absolute atomic E-state index is 11.1. The van der Waals surface area contributed by atoms with Crippen LogP contribution in [-0.4, -0.2) is 26.6 Å². The van der Waals surface area contributed by atoms with Crippen LogP contribution in [0.5, 0.6) is 0 Å². The Hall–Kier alpha value is -1.13. The number of carbonyl (C=O) groups excluding carboxylic acids is 1. The summed E-state index contributed by atoms with van der Waals surface area (Å²) in [4.78, 5) is 11.1. The molecule has 0 aliphatic heterocycles. The second-order valence-corrected chi connectivity index (χ2v) is 4.48. The van der Waals surface area contributed by atoms with Crippen LogP contribution in [-0.2, 0) is 14.8 Å². The molecular formula is C7H13N3O3S. The van der Waals surface area contributed by atoms with E-state index in [1.807, 2.05) is 0 Å². The molecule has 80 valence electrons. The van der Waals surface area contributed by atoms with Crippen molar-refractivity contribution in [2.45, 2.75) is 13.3 Å². The lowest BCUT2D eigenvalue weighted by molar-refractivity contribution is -0.123. The summed E-state index contributed by atoms with van der Waals surface area (Å²) in [6, 6.07) is 1.81.